The van der Waals surface area contributed by atoms with Crippen LogP contribution in [0.2, 0.25) is 0 Å². The van der Waals surface area contributed by atoms with Gasteiger partial charge in [-0.1, -0.05) is 0 Å². The first-order valence-electron chi connectivity index (χ1n) is 4.77. The Bertz CT molecular complexity index is 416. The van der Waals surface area contributed by atoms with Gasteiger partial charge in [0.2, 0.25) is 0 Å². The molecule has 0 bridgehead atoms. The van der Waals surface area contributed by atoms with Gasteiger partial charge in [0.1, 0.15) is 6.04 Å². The predicted molar refractivity (Wildman–Crippen MR) is 57.2 cm³/mol. The minimum absolute atomic E-state index is 0. The number of halogens is 7. The van der Waals surface area contributed by atoms with Gasteiger partial charge in [-0.05, 0) is 17.7 Å². The van der Waals surface area contributed by atoms with E-state index in [0.29, 0.717) is 12.1 Å². The van der Waals surface area contributed by atoms with Crippen molar-refractivity contribution in [2.45, 2.75) is 24.7 Å². The first-order valence-corrected chi connectivity index (χ1v) is 4.77. The van der Waals surface area contributed by atoms with E-state index in [9.17, 15) is 31.4 Å². The fourth-order valence-corrected chi connectivity index (χ4v) is 1.28. The first kappa shape index (κ1) is 18.0. The van der Waals surface area contributed by atoms with Gasteiger partial charge in [0.25, 0.3) is 0 Å². The molecule has 0 saturated carbocycles. The van der Waals surface area contributed by atoms with E-state index in [0.717, 1.165) is 0 Å². The quantitative estimate of drug-likeness (QED) is 0.666. The molecule has 19 heavy (non-hydrogen) atoms. The van der Waals surface area contributed by atoms with Gasteiger partial charge in [-0.15, -0.1) is 12.4 Å². The SMILES string of the molecule is Cl.N[C@H](C[C@H](O)c1cc(F)c(F)c(F)c1)C(F)(F)F. The van der Waals surface area contributed by atoms with E-state index < -0.39 is 47.8 Å². The Morgan fingerprint density at radius 1 is 1.11 bits per heavy atom. The third-order valence-electron chi connectivity index (χ3n) is 2.29. The third kappa shape index (κ3) is 4.55. The second kappa shape index (κ2) is 6.44. The number of rotatable bonds is 3. The summed E-state index contributed by atoms with van der Waals surface area (Å²) in [4.78, 5) is 0. The van der Waals surface area contributed by atoms with Crippen molar-refractivity contribution in [3.8, 4) is 0 Å². The zero-order valence-electron chi connectivity index (χ0n) is 9.22. The van der Waals surface area contributed by atoms with Crippen LogP contribution in [0.25, 0.3) is 0 Å². The molecule has 0 aliphatic rings. The van der Waals surface area contributed by atoms with Gasteiger partial charge in [0.05, 0.1) is 6.10 Å². The lowest BCUT2D eigenvalue weighted by Crippen LogP contribution is -2.38. The molecule has 2 nitrogen and oxygen atoms in total. The highest BCUT2D eigenvalue weighted by Crippen LogP contribution is 2.28. The van der Waals surface area contributed by atoms with E-state index in [1.165, 1.54) is 0 Å². The number of hydrogen-bond acceptors (Lipinski definition) is 2. The van der Waals surface area contributed by atoms with Crippen LogP contribution in [0.15, 0.2) is 12.1 Å². The maximum absolute atomic E-state index is 12.8. The molecule has 0 aliphatic carbocycles. The van der Waals surface area contributed by atoms with Crippen molar-refractivity contribution in [2.24, 2.45) is 5.73 Å². The number of nitrogens with two attached hydrogens (primary N) is 1. The molecule has 0 aromatic heterocycles. The van der Waals surface area contributed by atoms with Crippen molar-refractivity contribution in [3.63, 3.8) is 0 Å². The molecule has 0 saturated heterocycles. The second-order valence-electron chi connectivity index (χ2n) is 3.70. The summed E-state index contributed by atoms with van der Waals surface area (Å²) in [6.07, 6.45) is -7.56. The Morgan fingerprint density at radius 3 is 1.89 bits per heavy atom. The molecular formula is C10H10ClF6NO. The average molecular weight is 310 g/mol. The molecule has 9 heteroatoms. The predicted octanol–water partition coefficient (Wildman–Crippen LogP) is 2.84. The largest absolute Gasteiger partial charge is 0.403 e. The van der Waals surface area contributed by atoms with Crippen LogP contribution in [-0.2, 0) is 0 Å². The van der Waals surface area contributed by atoms with Gasteiger partial charge < -0.3 is 10.8 Å². The lowest BCUT2D eigenvalue weighted by molar-refractivity contribution is -0.153. The van der Waals surface area contributed by atoms with E-state index in [1.807, 2.05) is 0 Å². The molecule has 1 aromatic carbocycles. The van der Waals surface area contributed by atoms with Gasteiger partial charge >= 0.3 is 6.18 Å². The zero-order valence-corrected chi connectivity index (χ0v) is 10.0. The van der Waals surface area contributed by atoms with Crippen LogP contribution in [0.1, 0.15) is 18.1 Å². The van der Waals surface area contributed by atoms with E-state index in [1.54, 1.807) is 0 Å². The number of aliphatic hydroxyl groups excluding tert-OH is 1. The topological polar surface area (TPSA) is 46.2 Å². The lowest BCUT2D eigenvalue weighted by atomic mass is 10.0. The Balaban J connectivity index is 0.00000324. The van der Waals surface area contributed by atoms with E-state index >= 15 is 0 Å². The minimum atomic E-state index is -4.74. The summed E-state index contributed by atoms with van der Waals surface area (Å²) in [5.41, 5.74) is 4.24. The van der Waals surface area contributed by atoms with Crippen molar-refractivity contribution in [2.75, 3.05) is 0 Å². The third-order valence-corrected chi connectivity index (χ3v) is 2.29. The van der Waals surface area contributed by atoms with Gasteiger partial charge in [-0.25, -0.2) is 13.2 Å². The van der Waals surface area contributed by atoms with Crippen molar-refractivity contribution in [3.05, 3.63) is 35.1 Å². The van der Waals surface area contributed by atoms with Crippen molar-refractivity contribution < 1.29 is 31.4 Å². The summed E-state index contributed by atoms with van der Waals surface area (Å²) in [5.74, 6) is -4.94. The van der Waals surface area contributed by atoms with Crippen LogP contribution in [0.5, 0.6) is 0 Å². The van der Waals surface area contributed by atoms with Crippen LogP contribution >= 0.6 is 12.4 Å². The maximum atomic E-state index is 12.8. The molecule has 110 valence electrons. The van der Waals surface area contributed by atoms with Crippen molar-refractivity contribution in [1.82, 2.24) is 0 Å². The van der Waals surface area contributed by atoms with Crippen molar-refractivity contribution >= 4 is 12.4 Å². The summed E-state index contributed by atoms with van der Waals surface area (Å²) in [6.45, 7) is 0. The molecule has 0 radical (unpaired) electrons. The van der Waals surface area contributed by atoms with Crippen LogP contribution in [-0.4, -0.2) is 17.3 Å². The zero-order chi connectivity index (χ0) is 14.1. The Hall–Kier alpha value is -0.990. The summed E-state index contributed by atoms with van der Waals surface area (Å²) in [6, 6.07) is -1.50. The van der Waals surface area contributed by atoms with Gasteiger partial charge in [0.15, 0.2) is 17.5 Å². The Labute approximate surface area is 110 Å². The molecule has 3 N–H and O–H groups in total. The molecule has 0 aliphatic heterocycles. The molecule has 2 atom stereocenters. The van der Waals surface area contributed by atoms with Gasteiger partial charge in [0, 0.05) is 6.42 Å². The molecule has 0 heterocycles. The standard InChI is InChI=1S/C10H9F6NO.ClH/c11-5-1-4(2-6(12)9(5)13)7(18)3-8(17)10(14,15)16;/h1-2,7-8,18H,3,17H2;1H/t7-,8+;/m0./s1. The summed E-state index contributed by atoms with van der Waals surface area (Å²) < 4.78 is 74.5. The number of hydrogen-bond donors (Lipinski definition) is 2. The molecule has 0 fully saturated rings. The fourth-order valence-electron chi connectivity index (χ4n) is 1.28. The van der Waals surface area contributed by atoms with Gasteiger partial charge in [-0.2, -0.15) is 13.2 Å². The average Bonchev–Trinajstić information content (AvgIpc) is 2.23. The van der Waals surface area contributed by atoms with Crippen molar-refractivity contribution in [1.29, 1.82) is 0 Å². The lowest BCUT2D eigenvalue weighted by Gasteiger charge is -2.19. The number of alkyl halides is 3. The summed E-state index contributed by atoms with van der Waals surface area (Å²) >= 11 is 0. The minimum Gasteiger partial charge on any atom is -0.388 e. The van der Waals surface area contributed by atoms with Crippen LogP contribution < -0.4 is 5.73 Å². The molecular weight excluding hydrogens is 300 g/mol. The monoisotopic (exact) mass is 309 g/mol. The molecule has 0 unspecified atom stereocenters. The summed E-state index contributed by atoms with van der Waals surface area (Å²) in [7, 11) is 0. The Kier molecular flexibility index (Phi) is 6.11. The number of aliphatic hydroxyl groups is 1. The van der Waals surface area contributed by atoms with Gasteiger partial charge in [-0.3, -0.25) is 0 Å². The smallest absolute Gasteiger partial charge is 0.388 e. The van der Waals surface area contributed by atoms with E-state index in [4.69, 9.17) is 5.73 Å². The fraction of sp³-hybridized carbons (Fsp3) is 0.400. The van der Waals surface area contributed by atoms with Crippen LogP contribution in [0.4, 0.5) is 26.3 Å². The van der Waals surface area contributed by atoms with E-state index in [2.05, 4.69) is 0 Å². The molecule has 1 rings (SSSR count). The maximum Gasteiger partial charge on any atom is 0.403 e. The first-order chi connectivity index (χ1) is 8.12. The highest BCUT2D eigenvalue weighted by Gasteiger charge is 2.38. The van der Waals surface area contributed by atoms with E-state index in [-0.39, 0.29) is 12.4 Å². The normalized spacial score (nSPS) is 14.7. The second-order valence-corrected chi connectivity index (χ2v) is 3.70. The highest BCUT2D eigenvalue weighted by molar-refractivity contribution is 5.85. The molecule has 1 aromatic rings. The van der Waals surface area contributed by atoms with Crippen LogP contribution in [0.3, 0.4) is 0 Å². The summed E-state index contributed by atoms with van der Waals surface area (Å²) in [5, 5.41) is 9.36. The molecule has 0 spiro atoms. The van der Waals surface area contributed by atoms with Crippen LogP contribution in [0, 0.1) is 17.5 Å². The molecule has 0 amide bonds. The number of benzene rings is 1. The highest BCUT2D eigenvalue weighted by atomic mass is 35.5. The Morgan fingerprint density at radius 2 is 1.53 bits per heavy atom.